The SMILES string of the molecule is CC1CCC(NCc2cccc(-c3ccc4ncnc(N)c4n3)c2)CC1. The lowest BCUT2D eigenvalue weighted by Gasteiger charge is -2.27. The van der Waals surface area contributed by atoms with E-state index in [0.29, 0.717) is 17.4 Å². The number of hydrogen-bond donors (Lipinski definition) is 2. The van der Waals surface area contributed by atoms with Crippen molar-refractivity contribution < 1.29 is 0 Å². The van der Waals surface area contributed by atoms with E-state index in [4.69, 9.17) is 5.73 Å². The van der Waals surface area contributed by atoms with Crippen LogP contribution in [0.15, 0.2) is 42.7 Å². The quantitative estimate of drug-likeness (QED) is 0.747. The third kappa shape index (κ3) is 3.68. The normalized spacial score (nSPS) is 20.3. The van der Waals surface area contributed by atoms with Crippen molar-refractivity contribution in [2.24, 2.45) is 5.92 Å². The average Bonchev–Trinajstić information content (AvgIpc) is 2.68. The van der Waals surface area contributed by atoms with Crippen LogP contribution in [-0.2, 0) is 6.54 Å². The molecule has 3 N–H and O–H groups in total. The van der Waals surface area contributed by atoms with E-state index in [1.807, 2.05) is 12.1 Å². The lowest BCUT2D eigenvalue weighted by molar-refractivity contribution is 0.306. The molecular weight excluding hydrogens is 322 g/mol. The zero-order valence-electron chi connectivity index (χ0n) is 15.2. The predicted octanol–water partition coefficient (Wildman–Crippen LogP) is 3.94. The number of nitrogens with one attached hydrogen (secondary N) is 1. The van der Waals surface area contributed by atoms with Crippen molar-refractivity contribution in [3.8, 4) is 11.3 Å². The van der Waals surface area contributed by atoms with E-state index in [2.05, 4.69) is 51.5 Å². The molecule has 0 spiro atoms. The molecule has 4 rings (SSSR count). The Balaban J connectivity index is 1.51. The number of anilines is 1. The van der Waals surface area contributed by atoms with Crippen LogP contribution in [0.3, 0.4) is 0 Å². The third-order valence-corrected chi connectivity index (χ3v) is 5.34. The van der Waals surface area contributed by atoms with Crippen LogP contribution in [0, 0.1) is 5.92 Å². The number of nitrogens with two attached hydrogens (primary N) is 1. The summed E-state index contributed by atoms with van der Waals surface area (Å²) in [6, 6.07) is 13.1. The fraction of sp³-hybridized carbons (Fsp3) is 0.381. The van der Waals surface area contributed by atoms with Crippen molar-refractivity contribution in [3.63, 3.8) is 0 Å². The molecule has 0 aliphatic heterocycles. The Morgan fingerprint density at radius 2 is 1.92 bits per heavy atom. The third-order valence-electron chi connectivity index (χ3n) is 5.34. The van der Waals surface area contributed by atoms with Gasteiger partial charge < -0.3 is 11.1 Å². The van der Waals surface area contributed by atoms with Gasteiger partial charge >= 0.3 is 0 Å². The molecule has 2 aromatic heterocycles. The van der Waals surface area contributed by atoms with Crippen molar-refractivity contribution >= 4 is 16.9 Å². The Hall–Kier alpha value is -2.53. The van der Waals surface area contributed by atoms with Gasteiger partial charge in [0.15, 0.2) is 5.82 Å². The van der Waals surface area contributed by atoms with Gasteiger partial charge in [-0.15, -0.1) is 0 Å². The Bertz CT molecular complexity index is 900. The number of pyridine rings is 1. The predicted molar refractivity (Wildman–Crippen MR) is 105 cm³/mol. The van der Waals surface area contributed by atoms with Crippen molar-refractivity contribution in [2.45, 2.75) is 45.2 Å². The molecule has 0 bridgehead atoms. The van der Waals surface area contributed by atoms with Crippen LogP contribution >= 0.6 is 0 Å². The number of rotatable bonds is 4. The first-order valence-electron chi connectivity index (χ1n) is 9.39. The van der Waals surface area contributed by atoms with Gasteiger partial charge in [-0.25, -0.2) is 15.0 Å². The summed E-state index contributed by atoms with van der Waals surface area (Å²) < 4.78 is 0. The van der Waals surface area contributed by atoms with Gasteiger partial charge in [0.1, 0.15) is 11.8 Å². The highest BCUT2D eigenvalue weighted by Crippen LogP contribution is 2.25. The largest absolute Gasteiger partial charge is 0.382 e. The molecule has 26 heavy (non-hydrogen) atoms. The fourth-order valence-corrected chi connectivity index (χ4v) is 3.69. The zero-order chi connectivity index (χ0) is 17.9. The van der Waals surface area contributed by atoms with E-state index in [9.17, 15) is 0 Å². The van der Waals surface area contributed by atoms with Gasteiger partial charge in [0.2, 0.25) is 0 Å². The van der Waals surface area contributed by atoms with E-state index in [1.54, 1.807) is 0 Å². The second kappa shape index (κ2) is 7.38. The van der Waals surface area contributed by atoms with Crippen molar-refractivity contribution in [3.05, 3.63) is 48.3 Å². The first-order valence-corrected chi connectivity index (χ1v) is 9.39. The summed E-state index contributed by atoms with van der Waals surface area (Å²) in [6.07, 6.45) is 6.71. The van der Waals surface area contributed by atoms with E-state index < -0.39 is 0 Å². The lowest BCUT2D eigenvalue weighted by Crippen LogP contribution is -2.32. The van der Waals surface area contributed by atoms with Gasteiger partial charge in [-0.3, -0.25) is 0 Å². The Kier molecular flexibility index (Phi) is 4.80. The van der Waals surface area contributed by atoms with Gasteiger partial charge in [-0.2, -0.15) is 0 Å². The Labute approximate surface area is 154 Å². The topological polar surface area (TPSA) is 76.7 Å². The van der Waals surface area contributed by atoms with Gasteiger partial charge in [0.05, 0.1) is 11.2 Å². The standard InChI is InChI=1S/C21H25N5/c1-14-5-7-17(8-6-14)23-12-15-3-2-4-16(11-15)18-9-10-19-20(26-18)21(22)25-13-24-19/h2-4,9-11,13-14,17,23H,5-8,12H2,1H3,(H2,22,24,25). The minimum atomic E-state index is 0.418. The minimum absolute atomic E-state index is 0.418. The number of nitrogens with zero attached hydrogens (tertiary/aromatic N) is 3. The molecule has 0 atom stereocenters. The van der Waals surface area contributed by atoms with Crippen LogP contribution in [0.1, 0.15) is 38.2 Å². The molecule has 5 heteroatoms. The molecule has 2 heterocycles. The molecule has 1 fully saturated rings. The molecule has 0 radical (unpaired) electrons. The molecule has 1 saturated carbocycles. The van der Waals surface area contributed by atoms with Crippen LogP contribution in [0.2, 0.25) is 0 Å². The Morgan fingerprint density at radius 3 is 2.77 bits per heavy atom. The van der Waals surface area contributed by atoms with Crippen molar-refractivity contribution in [1.82, 2.24) is 20.3 Å². The molecule has 1 aliphatic carbocycles. The maximum absolute atomic E-state index is 5.95. The molecular formula is C21H25N5. The van der Waals surface area contributed by atoms with E-state index in [1.165, 1.54) is 37.6 Å². The summed E-state index contributed by atoms with van der Waals surface area (Å²) in [5, 5.41) is 3.72. The smallest absolute Gasteiger partial charge is 0.153 e. The van der Waals surface area contributed by atoms with Gasteiger partial charge in [-0.1, -0.05) is 25.1 Å². The number of aromatic nitrogens is 3. The zero-order valence-corrected chi connectivity index (χ0v) is 15.2. The average molecular weight is 347 g/mol. The highest BCUT2D eigenvalue weighted by molar-refractivity contribution is 5.85. The lowest BCUT2D eigenvalue weighted by atomic mass is 9.87. The summed E-state index contributed by atoms with van der Waals surface area (Å²) in [5.74, 6) is 1.30. The van der Waals surface area contributed by atoms with Crippen molar-refractivity contribution in [1.29, 1.82) is 0 Å². The number of benzene rings is 1. The maximum Gasteiger partial charge on any atom is 0.153 e. The van der Waals surface area contributed by atoms with Crippen molar-refractivity contribution in [2.75, 3.05) is 5.73 Å². The number of hydrogen-bond acceptors (Lipinski definition) is 5. The van der Waals surface area contributed by atoms with Crippen LogP contribution in [0.25, 0.3) is 22.3 Å². The van der Waals surface area contributed by atoms with Gasteiger partial charge in [0, 0.05) is 18.2 Å². The van der Waals surface area contributed by atoms with Crippen LogP contribution < -0.4 is 11.1 Å². The van der Waals surface area contributed by atoms with Crippen LogP contribution in [-0.4, -0.2) is 21.0 Å². The van der Waals surface area contributed by atoms with E-state index >= 15 is 0 Å². The van der Waals surface area contributed by atoms with E-state index in [0.717, 1.165) is 29.2 Å². The summed E-state index contributed by atoms with van der Waals surface area (Å²) in [4.78, 5) is 12.9. The van der Waals surface area contributed by atoms with Gasteiger partial charge in [0.25, 0.3) is 0 Å². The fourth-order valence-electron chi connectivity index (χ4n) is 3.69. The molecule has 1 aromatic carbocycles. The number of fused-ring (bicyclic) bond motifs is 1. The highest BCUT2D eigenvalue weighted by Gasteiger charge is 2.17. The molecule has 1 aliphatic rings. The minimum Gasteiger partial charge on any atom is -0.382 e. The molecule has 3 aromatic rings. The van der Waals surface area contributed by atoms with E-state index in [-0.39, 0.29) is 0 Å². The maximum atomic E-state index is 5.95. The summed E-state index contributed by atoms with van der Waals surface area (Å²) in [7, 11) is 0. The number of nitrogen functional groups attached to an aromatic ring is 1. The summed E-state index contributed by atoms with van der Waals surface area (Å²) in [5.41, 5.74) is 10.6. The summed E-state index contributed by atoms with van der Waals surface area (Å²) in [6.45, 7) is 3.25. The van der Waals surface area contributed by atoms with Gasteiger partial charge in [-0.05, 0) is 55.4 Å². The molecule has 5 nitrogen and oxygen atoms in total. The second-order valence-electron chi connectivity index (χ2n) is 7.36. The van der Waals surface area contributed by atoms with Crippen LogP contribution in [0.5, 0.6) is 0 Å². The molecule has 0 amide bonds. The molecule has 134 valence electrons. The Morgan fingerprint density at radius 1 is 1.08 bits per heavy atom. The first-order chi connectivity index (χ1) is 12.7. The summed E-state index contributed by atoms with van der Waals surface area (Å²) >= 11 is 0. The second-order valence-corrected chi connectivity index (χ2v) is 7.36. The van der Waals surface area contributed by atoms with Crippen LogP contribution in [0.4, 0.5) is 5.82 Å². The first kappa shape index (κ1) is 16.9. The monoisotopic (exact) mass is 347 g/mol. The molecule has 0 unspecified atom stereocenters. The molecule has 0 saturated heterocycles. The highest BCUT2D eigenvalue weighted by atomic mass is 14.9.